The molecule has 0 aromatic rings. The molecule has 1 saturated heterocycles. The van der Waals surface area contributed by atoms with E-state index in [4.69, 9.17) is 9.84 Å². The predicted octanol–water partition coefficient (Wildman–Crippen LogP) is 0.104. The summed E-state index contributed by atoms with van der Waals surface area (Å²) in [6.45, 7) is 6.10. The number of amides is 2. The topological polar surface area (TPSA) is 78.9 Å². The third kappa shape index (κ3) is 4.22. The van der Waals surface area contributed by atoms with Crippen LogP contribution < -0.4 is 5.32 Å². The number of carbonyl (C=O) groups is 2. The maximum Gasteiger partial charge on any atom is 0.408 e. The highest BCUT2D eigenvalue weighted by Crippen LogP contribution is 2.12. The van der Waals surface area contributed by atoms with Crippen molar-refractivity contribution < 1.29 is 19.4 Å². The number of β-amino-alcohol motifs (C(OH)–C–C–N with tert-alkyl or cyclic N) is 1. The number of hydrogen-bond donors (Lipinski definition) is 2. The van der Waals surface area contributed by atoms with Crippen LogP contribution in [0.5, 0.6) is 0 Å². The summed E-state index contributed by atoms with van der Waals surface area (Å²) in [5.41, 5.74) is -0.573. The molecule has 6 heteroatoms. The molecule has 98 valence electrons. The van der Waals surface area contributed by atoms with Crippen LogP contribution in [0.15, 0.2) is 0 Å². The van der Waals surface area contributed by atoms with E-state index in [1.54, 1.807) is 20.8 Å². The highest BCUT2D eigenvalue weighted by Gasteiger charge is 2.33. The van der Waals surface area contributed by atoms with Crippen molar-refractivity contribution >= 4 is 12.0 Å². The first kappa shape index (κ1) is 13.8. The fourth-order valence-corrected chi connectivity index (χ4v) is 1.67. The van der Waals surface area contributed by atoms with Gasteiger partial charge < -0.3 is 20.1 Å². The Hall–Kier alpha value is -1.30. The van der Waals surface area contributed by atoms with Crippen molar-refractivity contribution in [2.24, 2.45) is 0 Å². The molecule has 0 spiro atoms. The SMILES string of the molecule is CC(C)(C)OC(=O)N[C@H]1CCN(CCO)C1=O. The van der Waals surface area contributed by atoms with Gasteiger partial charge in [0.05, 0.1) is 6.61 Å². The quantitative estimate of drug-likeness (QED) is 0.738. The van der Waals surface area contributed by atoms with E-state index in [9.17, 15) is 9.59 Å². The molecule has 0 aliphatic carbocycles. The molecule has 2 N–H and O–H groups in total. The molecular formula is C11H20N2O4. The van der Waals surface area contributed by atoms with Gasteiger partial charge >= 0.3 is 6.09 Å². The van der Waals surface area contributed by atoms with Crippen molar-refractivity contribution in [1.82, 2.24) is 10.2 Å². The lowest BCUT2D eigenvalue weighted by Crippen LogP contribution is -2.44. The van der Waals surface area contributed by atoms with Gasteiger partial charge in [-0.05, 0) is 27.2 Å². The number of rotatable bonds is 3. The number of ether oxygens (including phenoxy) is 1. The van der Waals surface area contributed by atoms with Crippen molar-refractivity contribution in [3.05, 3.63) is 0 Å². The molecule has 17 heavy (non-hydrogen) atoms. The van der Waals surface area contributed by atoms with Crippen molar-refractivity contribution in [2.75, 3.05) is 19.7 Å². The Balaban J connectivity index is 2.43. The van der Waals surface area contributed by atoms with E-state index < -0.39 is 17.7 Å². The molecule has 6 nitrogen and oxygen atoms in total. The first-order valence-corrected chi connectivity index (χ1v) is 5.72. The zero-order valence-electron chi connectivity index (χ0n) is 10.5. The minimum atomic E-state index is -0.582. The van der Waals surface area contributed by atoms with Gasteiger partial charge in [0.2, 0.25) is 5.91 Å². The van der Waals surface area contributed by atoms with Gasteiger partial charge in [0.15, 0.2) is 0 Å². The lowest BCUT2D eigenvalue weighted by molar-refractivity contribution is -0.129. The molecule has 0 bridgehead atoms. The Morgan fingerprint density at radius 3 is 2.76 bits per heavy atom. The summed E-state index contributed by atoms with van der Waals surface area (Å²) in [4.78, 5) is 24.7. The summed E-state index contributed by atoms with van der Waals surface area (Å²) < 4.78 is 5.07. The number of aliphatic hydroxyl groups excluding tert-OH is 1. The van der Waals surface area contributed by atoms with Gasteiger partial charge in [-0.15, -0.1) is 0 Å². The average molecular weight is 244 g/mol. The minimum Gasteiger partial charge on any atom is -0.444 e. The molecule has 0 saturated carbocycles. The molecule has 1 rings (SSSR count). The van der Waals surface area contributed by atoms with Gasteiger partial charge in [0.1, 0.15) is 11.6 Å². The van der Waals surface area contributed by atoms with Crippen LogP contribution in [0, 0.1) is 0 Å². The van der Waals surface area contributed by atoms with Gasteiger partial charge in [0.25, 0.3) is 0 Å². The molecule has 0 aromatic carbocycles. The second-order valence-electron chi connectivity index (χ2n) is 5.04. The van der Waals surface area contributed by atoms with Crippen LogP contribution in [0.3, 0.4) is 0 Å². The number of carbonyl (C=O) groups excluding carboxylic acids is 2. The number of aliphatic hydroxyl groups is 1. The van der Waals surface area contributed by atoms with E-state index in [-0.39, 0.29) is 12.5 Å². The van der Waals surface area contributed by atoms with Crippen molar-refractivity contribution in [2.45, 2.75) is 38.8 Å². The largest absolute Gasteiger partial charge is 0.444 e. The van der Waals surface area contributed by atoms with Crippen LogP contribution in [-0.2, 0) is 9.53 Å². The standard InChI is InChI=1S/C11H20N2O4/c1-11(2,3)17-10(16)12-8-4-5-13(6-7-14)9(8)15/h8,14H,4-7H2,1-3H3,(H,12,16)/t8-/m0/s1. The van der Waals surface area contributed by atoms with E-state index in [1.165, 1.54) is 4.90 Å². The Bertz CT molecular complexity index is 298. The maximum atomic E-state index is 11.7. The summed E-state index contributed by atoms with van der Waals surface area (Å²) in [5, 5.41) is 11.3. The average Bonchev–Trinajstić information content (AvgIpc) is 2.47. The van der Waals surface area contributed by atoms with E-state index >= 15 is 0 Å². The number of alkyl carbamates (subject to hydrolysis) is 1. The van der Waals surface area contributed by atoms with Gasteiger partial charge in [-0.25, -0.2) is 4.79 Å². The molecule has 1 aliphatic rings. The van der Waals surface area contributed by atoms with Gasteiger partial charge in [-0.1, -0.05) is 0 Å². The molecule has 1 fully saturated rings. The number of nitrogens with one attached hydrogen (secondary N) is 1. The zero-order valence-corrected chi connectivity index (χ0v) is 10.5. The molecule has 1 heterocycles. The number of nitrogens with zero attached hydrogens (tertiary/aromatic N) is 1. The maximum absolute atomic E-state index is 11.7. The van der Waals surface area contributed by atoms with Crippen LogP contribution in [0.4, 0.5) is 4.79 Å². The predicted molar refractivity (Wildman–Crippen MR) is 61.4 cm³/mol. The van der Waals surface area contributed by atoms with Gasteiger partial charge in [0, 0.05) is 13.1 Å². The third-order valence-electron chi connectivity index (χ3n) is 2.36. The minimum absolute atomic E-state index is 0.0646. The molecule has 1 aliphatic heterocycles. The van der Waals surface area contributed by atoms with Crippen LogP contribution >= 0.6 is 0 Å². The van der Waals surface area contributed by atoms with E-state index in [2.05, 4.69) is 5.32 Å². The number of hydrogen-bond acceptors (Lipinski definition) is 4. The van der Waals surface area contributed by atoms with Crippen LogP contribution in [0.1, 0.15) is 27.2 Å². The summed E-state index contributed by atoms with van der Waals surface area (Å²) in [6, 6.07) is -0.531. The molecular weight excluding hydrogens is 224 g/mol. The Kier molecular flexibility index (Phi) is 4.34. The zero-order chi connectivity index (χ0) is 13.1. The first-order chi connectivity index (χ1) is 7.83. The molecule has 0 unspecified atom stereocenters. The Labute approximate surface area is 101 Å². The first-order valence-electron chi connectivity index (χ1n) is 5.72. The highest BCUT2D eigenvalue weighted by atomic mass is 16.6. The van der Waals surface area contributed by atoms with Crippen molar-refractivity contribution in [3.63, 3.8) is 0 Å². The van der Waals surface area contributed by atoms with Gasteiger partial charge in [-0.3, -0.25) is 4.79 Å². The van der Waals surface area contributed by atoms with Crippen LogP contribution in [0.25, 0.3) is 0 Å². The Morgan fingerprint density at radius 1 is 1.59 bits per heavy atom. The second kappa shape index (κ2) is 5.35. The van der Waals surface area contributed by atoms with Crippen LogP contribution in [0.2, 0.25) is 0 Å². The smallest absolute Gasteiger partial charge is 0.408 e. The number of likely N-dealkylation sites (tertiary alicyclic amines) is 1. The van der Waals surface area contributed by atoms with E-state index in [0.29, 0.717) is 19.5 Å². The summed E-state index contributed by atoms with van der Waals surface area (Å²) in [5.74, 6) is -0.162. The van der Waals surface area contributed by atoms with Gasteiger partial charge in [-0.2, -0.15) is 0 Å². The highest BCUT2D eigenvalue weighted by molar-refractivity contribution is 5.87. The van der Waals surface area contributed by atoms with E-state index in [0.717, 1.165) is 0 Å². The lowest BCUT2D eigenvalue weighted by Gasteiger charge is -2.21. The fraction of sp³-hybridized carbons (Fsp3) is 0.818. The lowest BCUT2D eigenvalue weighted by atomic mass is 10.2. The molecule has 1 atom stereocenters. The fourth-order valence-electron chi connectivity index (χ4n) is 1.67. The Morgan fingerprint density at radius 2 is 2.24 bits per heavy atom. The summed E-state index contributed by atoms with van der Waals surface area (Å²) >= 11 is 0. The summed E-state index contributed by atoms with van der Waals surface area (Å²) in [6.07, 6.45) is -0.0281. The second-order valence-corrected chi connectivity index (χ2v) is 5.04. The normalized spacial score (nSPS) is 20.6. The monoisotopic (exact) mass is 244 g/mol. The molecule has 0 aromatic heterocycles. The third-order valence-corrected chi connectivity index (χ3v) is 2.36. The van der Waals surface area contributed by atoms with Crippen molar-refractivity contribution in [1.29, 1.82) is 0 Å². The van der Waals surface area contributed by atoms with E-state index in [1.807, 2.05) is 0 Å². The molecule has 2 amide bonds. The summed E-state index contributed by atoms with van der Waals surface area (Å²) in [7, 11) is 0. The molecule has 0 radical (unpaired) electrons. The van der Waals surface area contributed by atoms with Crippen LogP contribution in [-0.4, -0.2) is 53.3 Å². The van der Waals surface area contributed by atoms with Crippen molar-refractivity contribution in [3.8, 4) is 0 Å².